The van der Waals surface area contributed by atoms with Gasteiger partial charge < -0.3 is 43.2 Å². The zero-order valence-corrected chi connectivity index (χ0v) is 22.9. The maximum Gasteiger partial charge on any atom is 0.326 e. The number of para-hydroxylation sites is 1. The third-order valence-corrected chi connectivity index (χ3v) is 6.63. The summed E-state index contributed by atoms with van der Waals surface area (Å²) in [4.78, 5) is 65.6. The van der Waals surface area contributed by atoms with E-state index in [-0.39, 0.29) is 31.6 Å². The molecule has 0 saturated heterocycles. The summed E-state index contributed by atoms with van der Waals surface area (Å²) in [7, 11) is 0. The highest BCUT2D eigenvalue weighted by molar-refractivity contribution is 5.94. The van der Waals surface area contributed by atoms with Crippen LogP contribution < -0.4 is 33.2 Å². The number of H-pyrrole nitrogens is 1. The fourth-order valence-corrected chi connectivity index (χ4v) is 4.15. The number of carbonyl (C=O) groups excluding carboxylic acids is 4. The number of hydrogen-bond acceptors (Lipinski definition) is 7. The van der Waals surface area contributed by atoms with Gasteiger partial charge in [-0.05, 0) is 49.8 Å². The molecule has 0 aliphatic carbocycles. The summed E-state index contributed by atoms with van der Waals surface area (Å²) in [6.07, 6.45) is 2.62. The topological polar surface area (TPSA) is 236 Å². The van der Waals surface area contributed by atoms with Crippen LogP contribution in [0.5, 0.6) is 0 Å². The number of amides is 4. The van der Waals surface area contributed by atoms with E-state index in [2.05, 4.69) is 20.9 Å². The van der Waals surface area contributed by atoms with Crippen molar-refractivity contribution in [2.75, 3.05) is 6.54 Å². The summed E-state index contributed by atoms with van der Waals surface area (Å²) in [5, 5.41) is 18.3. The minimum Gasteiger partial charge on any atom is -0.480 e. The molecule has 2 rings (SSSR count). The minimum atomic E-state index is -1.32. The predicted molar refractivity (Wildman–Crippen MR) is 150 cm³/mol. The number of nitrogens with two attached hydrogens (primary N) is 3. The highest BCUT2D eigenvalue weighted by Gasteiger charge is 2.31. The number of hydrogen-bond donors (Lipinski definition) is 8. The zero-order chi connectivity index (χ0) is 29.8. The minimum absolute atomic E-state index is 0.0214. The van der Waals surface area contributed by atoms with Crippen molar-refractivity contribution in [2.45, 2.75) is 76.5 Å². The molecule has 4 atom stereocenters. The molecule has 2 aromatic rings. The monoisotopic (exact) mass is 559 g/mol. The summed E-state index contributed by atoms with van der Waals surface area (Å²) in [6, 6.07) is 2.88. The van der Waals surface area contributed by atoms with Crippen molar-refractivity contribution >= 4 is 40.5 Å². The van der Waals surface area contributed by atoms with Crippen LogP contribution in [-0.2, 0) is 30.4 Å². The quantitative estimate of drug-likeness (QED) is 0.119. The van der Waals surface area contributed by atoms with Gasteiger partial charge in [-0.25, -0.2) is 4.79 Å². The number of aliphatic carboxylic acids is 1. The molecule has 40 heavy (non-hydrogen) atoms. The Morgan fingerprint density at radius 3 is 2.10 bits per heavy atom. The summed E-state index contributed by atoms with van der Waals surface area (Å²) in [5.41, 5.74) is 18.3. The van der Waals surface area contributed by atoms with Gasteiger partial charge in [-0.3, -0.25) is 19.2 Å². The highest BCUT2D eigenvalue weighted by atomic mass is 16.4. The maximum atomic E-state index is 13.2. The number of fused-ring (bicyclic) bond motifs is 1. The van der Waals surface area contributed by atoms with Crippen LogP contribution >= 0.6 is 0 Å². The zero-order valence-electron chi connectivity index (χ0n) is 22.9. The molecule has 220 valence electrons. The molecule has 0 saturated carbocycles. The molecule has 0 spiro atoms. The largest absolute Gasteiger partial charge is 0.480 e. The van der Waals surface area contributed by atoms with Crippen molar-refractivity contribution in [2.24, 2.45) is 23.1 Å². The number of nitrogens with one attached hydrogen (secondary N) is 4. The summed E-state index contributed by atoms with van der Waals surface area (Å²) < 4.78 is 0. The van der Waals surface area contributed by atoms with Gasteiger partial charge in [0, 0.05) is 29.9 Å². The lowest BCUT2D eigenvalue weighted by atomic mass is 10.0. The van der Waals surface area contributed by atoms with Crippen LogP contribution in [-0.4, -0.2) is 70.4 Å². The van der Waals surface area contributed by atoms with Crippen molar-refractivity contribution in [1.82, 2.24) is 20.9 Å². The van der Waals surface area contributed by atoms with Gasteiger partial charge in [-0.1, -0.05) is 32.0 Å². The van der Waals surface area contributed by atoms with Gasteiger partial charge in [0.1, 0.15) is 18.1 Å². The van der Waals surface area contributed by atoms with Gasteiger partial charge in [-0.2, -0.15) is 0 Å². The fraction of sp³-hybridized carbons (Fsp3) is 0.519. The lowest BCUT2D eigenvalue weighted by Crippen LogP contribution is -2.57. The van der Waals surface area contributed by atoms with Gasteiger partial charge in [0.15, 0.2) is 0 Å². The number of carboxylic acids is 1. The van der Waals surface area contributed by atoms with Crippen LogP contribution in [0.4, 0.5) is 0 Å². The number of rotatable bonds is 17. The molecule has 0 aliphatic rings. The Balaban J connectivity index is 2.20. The Morgan fingerprint density at radius 2 is 1.50 bits per heavy atom. The molecule has 4 amide bonds. The standard InChI is InChI=1S/C27H41N7O6/c1-15(2)23(30)26(38)33-19(9-5-6-12-28)24(36)32-20(10-11-22(29)35)25(37)34-21(27(39)40)13-16-14-31-18-8-4-3-7-17(16)18/h3-4,7-8,14-15,19-21,23,31H,5-6,9-13,28,30H2,1-2H3,(H2,29,35)(H,32,36)(H,33,38)(H,34,37)(H,39,40). The number of unbranched alkanes of at least 4 members (excludes halogenated alkanes) is 1. The van der Waals surface area contributed by atoms with Crippen LogP contribution in [0.2, 0.25) is 0 Å². The normalized spacial score (nSPS) is 14.2. The second kappa shape index (κ2) is 15.6. The second-order valence-corrected chi connectivity index (χ2v) is 10.1. The summed E-state index contributed by atoms with van der Waals surface area (Å²) in [6.45, 7) is 3.94. The molecule has 1 heterocycles. The molecule has 0 bridgehead atoms. The van der Waals surface area contributed by atoms with Crippen molar-refractivity contribution in [1.29, 1.82) is 0 Å². The van der Waals surface area contributed by atoms with Gasteiger partial charge in [0.05, 0.1) is 6.04 Å². The van der Waals surface area contributed by atoms with Crippen molar-refractivity contribution < 1.29 is 29.1 Å². The van der Waals surface area contributed by atoms with E-state index in [0.29, 0.717) is 24.9 Å². The fourth-order valence-electron chi connectivity index (χ4n) is 4.15. The first-order valence-corrected chi connectivity index (χ1v) is 13.4. The summed E-state index contributed by atoms with van der Waals surface area (Å²) >= 11 is 0. The first-order valence-electron chi connectivity index (χ1n) is 13.4. The maximum absolute atomic E-state index is 13.2. The van der Waals surface area contributed by atoms with E-state index >= 15 is 0 Å². The van der Waals surface area contributed by atoms with Crippen molar-refractivity contribution in [3.63, 3.8) is 0 Å². The van der Waals surface area contributed by atoms with E-state index < -0.39 is 53.8 Å². The third-order valence-electron chi connectivity index (χ3n) is 6.63. The molecule has 0 radical (unpaired) electrons. The number of aromatic amines is 1. The molecule has 0 aliphatic heterocycles. The molecule has 13 heteroatoms. The Kier molecular flexibility index (Phi) is 12.6. The SMILES string of the molecule is CC(C)C(N)C(=O)NC(CCCCN)C(=O)NC(CCC(N)=O)C(=O)NC(Cc1c[nH]c2ccccc12)C(=O)O. The van der Waals surface area contributed by atoms with Crippen molar-refractivity contribution in [3.05, 3.63) is 36.0 Å². The third kappa shape index (κ3) is 9.65. The molecular formula is C27H41N7O6. The highest BCUT2D eigenvalue weighted by Crippen LogP contribution is 2.19. The number of carboxylic acid groups (broad SMARTS) is 1. The lowest BCUT2D eigenvalue weighted by molar-refractivity contribution is -0.142. The predicted octanol–water partition coefficient (Wildman–Crippen LogP) is -0.373. The van der Waals surface area contributed by atoms with E-state index in [1.165, 1.54) is 0 Å². The Bertz CT molecular complexity index is 1180. The van der Waals surface area contributed by atoms with E-state index in [0.717, 1.165) is 10.9 Å². The molecule has 13 nitrogen and oxygen atoms in total. The molecule has 4 unspecified atom stereocenters. The lowest BCUT2D eigenvalue weighted by Gasteiger charge is -2.25. The van der Waals surface area contributed by atoms with Crippen molar-refractivity contribution in [3.8, 4) is 0 Å². The van der Waals surface area contributed by atoms with Gasteiger partial charge in [-0.15, -0.1) is 0 Å². The number of benzene rings is 1. The Hall–Kier alpha value is -3.97. The van der Waals surface area contributed by atoms with E-state index in [1.807, 2.05) is 24.3 Å². The molecule has 1 aromatic heterocycles. The summed E-state index contributed by atoms with van der Waals surface area (Å²) in [5.74, 6) is -4.13. The second-order valence-electron chi connectivity index (χ2n) is 10.1. The van der Waals surface area contributed by atoms with Crippen LogP contribution in [0, 0.1) is 5.92 Å². The van der Waals surface area contributed by atoms with Crippen LogP contribution in [0.1, 0.15) is 51.5 Å². The average molecular weight is 560 g/mol. The van der Waals surface area contributed by atoms with Crippen LogP contribution in [0.25, 0.3) is 10.9 Å². The number of primary amides is 1. The molecule has 0 fully saturated rings. The van der Waals surface area contributed by atoms with Gasteiger partial charge in [0.25, 0.3) is 0 Å². The van der Waals surface area contributed by atoms with Gasteiger partial charge >= 0.3 is 5.97 Å². The van der Waals surface area contributed by atoms with E-state index in [1.54, 1.807) is 20.0 Å². The van der Waals surface area contributed by atoms with Gasteiger partial charge in [0.2, 0.25) is 23.6 Å². The molecular weight excluding hydrogens is 518 g/mol. The smallest absolute Gasteiger partial charge is 0.326 e. The van der Waals surface area contributed by atoms with E-state index in [4.69, 9.17) is 17.2 Å². The van der Waals surface area contributed by atoms with Crippen LogP contribution in [0.15, 0.2) is 30.5 Å². The van der Waals surface area contributed by atoms with Crippen LogP contribution in [0.3, 0.4) is 0 Å². The average Bonchev–Trinajstić information content (AvgIpc) is 3.31. The number of aromatic nitrogens is 1. The first kappa shape index (κ1) is 32.2. The Morgan fingerprint density at radius 1 is 0.900 bits per heavy atom. The number of carbonyl (C=O) groups is 5. The molecule has 11 N–H and O–H groups in total. The Labute approximate surface area is 233 Å². The first-order chi connectivity index (χ1) is 18.9. The molecule has 1 aromatic carbocycles. The van der Waals surface area contributed by atoms with E-state index in [9.17, 15) is 29.1 Å².